The summed E-state index contributed by atoms with van der Waals surface area (Å²) in [4.78, 5) is 35.3. The summed E-state index contributed by atoms with van der Waals surface area (Å²) in [7, 11) is 0. The van der Waals surface area contributed by atoms with Crippen molar-refractivity contribution >= 4 is 34.9 Å². The molecule has 0 heterocycles. The Morgan fingerprint density at radius 2 is 1.66 bits per heavy atom. The number of rotatable bonds is 7. The van der Waals surface area contributed by atoms with Crippen LogP contribution in [0, 0.1) is 5.82 Å². The summed E-state index contributed by atoms with van der Waals surface area (Å²) in [6.07, 6.45) is -5.33. The Kier molecular flexibility index (Phi) is 7.33. The van der Waals surface area contributed by atoms with Crippen molar-refractivity contribution in [1.82, 2.24) is 0 Å². The number of benzene rings is 2. The summed E-state index contributed by atoms with van der Waals surface area (Å²) in [6.45, 7) is -0.830. The average Bonchev–Trinajstić information content (AvgIpc) is 2.65. The van der Waals surface area contributed by atoms with Gasteiger partial charge in [-0.25, -0.2) is 4.39 Å². The van der Waals surface area contributed by atoms with Crippen molar-refractivity contribution in [2.75, 3.05) is 11.9 Å². The van der Waals surface area contributed by atoms with E-state index in [1.165, 1.54) is 18.2 Å². The van der Waals surface area contributed by atoms with Crippen LogP contribution in [0.5, 0.6) is 0 Å². The number of esters is 1. The highest BCUT2D eigenvalue weighted by Gasteiger charge is 2.34. The molecule has 1 amide bonds. The second-order valence-electron chi connectivity index (χ2n) is 5.83. The number of hydrogen-bond donors (Lipinski definition) is 1. The Labute approximate surface area is 167 Å². The van der Waals surface area contributed by atoms with E-state index in [0.717, 1.165) is 18.2 Å². The predicted molar refractivity (Wildman–Crippen MR) is 96.0 cm³/mol. The number of amides is 1. The van der Waals surface area contributed by atoms with Crippen LogP contribution in [-0.4, -0.2) is 24.3 Å². The molecular formula is C19H14ClF4NO4. The van der Waals surface area contributed by atoms with Gasteiger partial charge in [0, 0.05) is 17.0 Å². The molecule has 0 spiro atoms. The lowest BCUT2D eigenvalue weighted by Gasteiger charge is -2.14. The van der Waals surface area contributed by atoms with Gasteiger partial charge in [-0.1, -0.05) is 11.6 Å². The van der Waals surface area contributed by atoms with Crippen molar-refractivity contribution in [2.45, 2.75) is 19.0 Å². The first kappa shape index (κ1) is 22.4. The van der Waals surface area contributed by atoms with Crippen LogP contribution in [0.25, 0.3) is 0 Å². The SMILES string of the molecule is O=C(COC(=O)CCC(=O)c1ccc(F)cc1)Nc1ccc(Cl)cc1C(F)(F)F. The average molecular weight is 432 g/mol. The first-order valence-corrected chi connectivity index (χ1v) is 8.55. The van der Waals surface area contributed by atoms with Gasteiger partial charge in [0.2, 0.25) is 0 Å². The third-order valence-corrected chi connectivity index (χ3v) is 3.88. The standard InChI is InChI=1S/C19H14ClF4NO4/c20-12-3-6-15(14(9-12)19(22,23)24)25-17(27)10-29-18(28)8-7-16(26)11-1-4-13(21)5-2-11/h1-6,9H,7-8,10H2,(H,25,27). The van der Waals surface area contributed by atoms with Gasteiger partial charge in [-0.2, -0.15) is 13.2 Å². The van der Waals surface area contributed by atoms with E-state index < -0.39 is 47.5 Å². The van der Waals surface area contributed by atoms with Crippen LogP contribution in [0.3, 0.4) is 0 Å². The number of halogens is 5. The van der Waals surface area contributed by atoms with Crippen LogP contribution >= 0.6 is 11.6 Å². The van der Waals surface area contributed by atoms with Crippen molar-refractivity contribution in [3.8, 4) is 0 Å². The predicted octanol–water partition coefficient (Wildman–Crippen LogP) is 4.64. The van der Waals surface area contributed by atoms with E-state index in [1.54, 1.807) is 0 Å². The fourth-order valence-electron chi connectivity index (χ4n) is 2.26. The Bertz CT molecular complexity index is 913. The van der Waals surface area contributed by atoms with Gasteiger partial charge in [0.25, 0.3) is 5.91 Å². The fraction of sp³-hybridized carbons (Fsp3) is 0.211. The molecule has 0 atom stereocenters. The van der Waals surface area contributed by atoms with E-state index in [0.29, 0.717) is 6.07 Å². The zero-order valence-electron chi connectivity index (χ0n) is 14.7. The summed E-state index contributed by atoms with van der Waals surface area (Å²) in [5.41, 5.74) is -1.47. The molecule has 29 heavy (non-hydrogen) atoms. The third kappa shape index (κ3) is 6.86. The molecule has 10 heteroatoms. The Hall–Kier alpha value is -2.94. The minimum absolute atomic E-state index is 0.160. The monoisotopic (exact) mass is 431 g/mol. The zero-order chi connectivity index (χ0) is 21.6. The molecule has 0 fully saturated rings. The minimum Gasteiger partial charge on any atom is -0.456 e. The van der Waals surface area contributed by atoms with Gasteiger partial charge in [0.1, 0.15) is 5.82 Å². The molecule has 0 saturated heterocycles. The number of nitrogens with one attached hydrogen (secondary N) is 1. The highest BCUT2D eigenvalue weighted by molar-refractivity contribution is 6.30. The van der Waals surface area contributed by atoms with Crippen molar-refractivity contribution in [1.29, 1.82) is 0 Å². The van der Waals surface area contributed by atoms with Crippen molar-refractivity contribution < 1.29 is 36.7 Å². The van der Waals surface area contributed by atoms with Gasteiger partial charge in [-0.05, 0) is 42.5 Å². The number of hydrogen-bond acceptors (Lipinski definition) is 4. The highest BCUT2D eigenvalue weighted by Crippen LogP contribution is 2.36. The molecule has 0 aliphatic rings. The lowest BCUT2D eigenvalue weighted by atomic mass is 10.1. The summed E-state index contributed by atoms with van der Waals surface area (Å²) >= 11 is 5.55. The van der Waals surface area contributed by atoms with Gasteiger partial charge >= 0.3 is 12.1 Å². The molecule has 5 nitrogen and oxygen atoms in total. The summed E-state index contributed by atoms with van der Waals surface area (Å²) < 4.78 is 56.4. The van der Waals surface area contributed by atoms with Gasteiger partial charge in [0.05, 0.1) is 17.7 Å². The number of ketones is 1. The van der Waals surface area contributed by atoms with E-state index in [9.17, 15) is 31.9 Å². The summed E-state index contributed by atoms with van der Waals surface area (Å²) in [6, 6.07) is 7.53. The van der Waals surface area contributed by atoms with Crippen molar-refractivity contribution in [3.05, 3.63) is 64.4 Å². The summed E-state index contributed by atoms with van der Waals surface area (Å²) in [5, 5.41) is 1.84. The highest BCUT2D eigenvalue weighted by atomic mass is 35.5. The first-order valence-electron chi connectivity index (χ1n) is 8.17. The normalized spacial score (nSPS) is 11.1. The smallest absolute Gasteiger partial charge is 0.418 e. The lowest BCUT2D eigenvalue weighted by molar-refractivity contribution is -0.147. The maximum absolute atomic E-state index is 13.0. The van der Waals surface area contributed by atoms with Crippen LogP contribution in [0.15, 0.2) is 42.5 Å². The second-order valence-corrected chi connectivity index (χ2v) is 6.26. The van der Waals surface area contributed by atoms with Crippen LogP contribution in [0.2, 0.25) is 5.02 Å². The second kappa shape index (κ2) is 9.51. The van der Waals surface area contributed by atoms with Gasteiger partial charge in [-0.3, -0.25) is 14.4 Å². The number of anilines is 1. The molecule has 0 radical (unpaired) electrons. The largest absolute Gasteiger partial charge is 0.456 e. The van der Waals surface area contributed by atoms with Crippen molar-refractivity contribution in [3.63, 3.8) is 0 Å². The topological polar surface area (TPSA) is 72.5 Å². The third-order valence-electron chi connectivity index (χ3n) is 3.65. The molecule has 154 valence electrons. The molecule has 0 aliphatic heterocycles. The minimum atomic E-state index is -4.75. The quantitative estimate of drug-likeness (QED) is 0.394. The number of carbonyl (C=O) groups is 3. The van der Waals surface area contributed by atoms with Gasteiger partial charge in [-0.15, -0.1) is 0 Å². The van der Waals surface area contributed by atoms with Gasteiger partial charge in [0.15, 0.2) is 12.4 Å². The Morgan fingerprint density at radius 3 is 2.28 bits per heavy atom. The molecule has 0 saturated carbocycles. The van der Waals surface area contributed by atoms with E-state index in [1.807, 2.05) is 5.32 Å². The van der Waals surface area contributed by atoms with E-state index in [4.69, 9.17) is 11.6 Å². The van der Waals surface area contributed by atoms with Crippen LogP contribution in [0.4, 0.5) is 23.2 Å². The zero-order valence-corrected chi connectivity index (χ0v) is 15.4. The Morgan fingerprint density at radius 1 is 1.00 bits per heavy atom. The molecule has 0 aliphatic carbocycles. The van der Waals surface area contributed by atoms with Crippen LogP contribution in [-0.2, 0) is 20.5 Å². The molecule has 0 aromatic heterocycles. The number of carbonyl (C=O) groups excluding carboxylic acids is 3. The molecular weight excluding hydrogens is 418 g/mol. The first-order chi connectivity index (χ1) is 13.6. The number of ether oxygens (including phenoxy) is 1. The van der Waals surface area contributed by atoms with E-state index >= 15 is 0 Å². The molecule has 0 bridgehead atoms. The molecule has 2 aromatic carbocycles. The van der Waals surface area contributed by atoms with E-state index in [-0.39, 0.29) is 23.4 Å². The molecule has 0 unspecified atom stereocenters. The molecule has 2 rings (SSSR count). The van der Waals surface area contributed by atoms with Crippen LogP contribution < -0.4 is 5.32 Å². The number of alkyl halides is 3. The lowest BCUT2D eigenvalue weighted by Crippen LogP contribution is -2.23. The van der Waals surface area contributed by atoms with E-state index in [2.05, 4.69) is 4.74 Å². The van der Waals surface area contributed by atoms with Crippen molar-refractivity contribution in [2.24, 2.45) is 0 Å². The maximum atomic E-state index is 13.0. The summed E-state index contributed by atoms with van der Waals surface area (Å²) in [5.74, 6) is -2.82. The molecule has 1 N–H and O–H groups in total. The van der Waals surface area contributed by atoms with Crippen LogP contribution in [0.1, 0.15) is 28.8 Å². The molecule has 2 aromatic rings. The van der Waals surface area contributed by atoms with Gasteiger partial charge < -0.3 is 10.1 Å². The number of Topliss-reactive ketones (excluding diaryl/α,β-unsaturated/α-hetero) is 1. The fourth-order valence-corrected chi connectivity index (χ4v) is 2.43. The Balaban J connectivity index is 1.84. The maximum Gasteiger partial charge on any atom is 0.418 e.